The third-order valence-electron chi connectivity index (χ3n) is 2.94. The van der Waals surface area contributed by atoms with E-state index in [0.717, 1.165) is 19.3 Å². The van der Waals surface area contributed by atoms with E-state index in [0.29, 0.717) is 5.69 Å². The Labute approximate surface area is 106 Å². The lowest BCUT2D eigenvalue weighted by Gasteiger charge is -2.10. The molecule has 1 aromatic carbocycles. The van der Waals surface area contributed by atoms with Crippen molar-refractivity contribution in [3.05, 3.63) is 30.1 Å². The fourth-order valence-electron chi connectivity index (χ4n) is 2.07. The van der Waals surface area contributed by atoms with Crippen LogP contribution in [0.4, 0.5) is 10.1 Å². The van der Waals surface area contributed by atoms with Crippen LogP contribution in [-0.4, -0.2) is 11.9 Å². The van der Waals surface area contributed by atoms with Gasteiger partial charge < -0.3 is 11.1 Å². The monoisotopic (exact) mass is 258 g/mol. The highest BCUT2D eigenvalue weighted by molar-refractivity contribution is 5.92. The summed E-state index contributed by atoms with van der Waals surface area (Å²) in [6.07, 6.45) is 2.44. The minimum Gasteiger partial charge on any atom is -0.328 e. The normalized spacial score (nSPS) is 22.9. The number of nitrogens with one attached hydrogen (secondary N) is 1. The molecule has 3 nitrogen and oxygen atoms in total. The first-order chi connectivity index (χ1) is 7.65. The van der Waals surface area contributed by atoms with Gasteiger partial charge in [0.25, 0.3) is 0 Å². The van der Waals surface area contributed by atoms with Gasteiger partial charge in [0.15, 0.2) is 0 Å². The lowest BCUT2D eigenvalue weighted by atomic mass is 10.1. The van der Waals surface area contributed by atoms with Gasteiger partial charge in [0.1, 0.15) is 5.82 Å². The van der Waals surface area contributed by atoms with E-state index < -0.39 is 0 Å². The number of halogens is 2. The van der Waals surface area contributed by atoms with Crippen LogP contribution in [0.1, 0.15) is 19.3 Å². The first-order valence-corrected chi connectivity index (χ1v) is 5.47. The number of hydrogen-bond acceptors (Lipinski definition) is 2. The van der Waals surface area contributed by atoms with Gasteiger partial charge in [-0.05, 0) is 37.5 Å². The quantitative estimate of drug-likeness (QED) is 0.855. The van der Waals surface area contributed by atoms with Crippen molar-refractivity contribution in [2.75, 3.05) is 5.32 Å². The number of rotatable bonds is 2. The first-order valence-electron chi connectivity index (χ1n) is 5.47. The minimum absolute atomic E-state index is 0. The van der Waals surface area contributed by atoms with Crippen LogP contribution in [0.15, 0.2) is 24.3 Å². The zero-order valence-electron chi connectivity index (χ0n) is 9.36. The standard InChI is InChI=1S/C12H15FN2O.ClH/c13-9-2-1-3-11(7-9)15-12(16)8-4-5-10(14)6-8;/h1-3,7-8,10H,4-6,14H2,(H,15,16);1H. The third kappa shape index (κ3) is 3.68. The smallest absolute Gasteiger partial charge is 0.227 e. The summed E-state index contributed by atoms with van der Waals surface area (Å²) in [5, 5.41) is 2.71. The Bertz CT molecular complexity index is 400. The summed E-state index contributed by atoms with van der Waals surface area (Å²) < 4.78 is 12.9. The molecule has 0 heterocycles. The zero-order valence-corrected chi connectivity index (χ0v) is 10.2. The number of benzene rings is 1. The molecule has 2 atom stereocenters. The van der Waals surface area contributed by atoms with Crippen LogP contribution < -0.4 is 11.1 Å². The molecule has 17 heavy (non-hydrogen) atoms. The Morgan fingerprint density at radius 1 is 1.41 bits per heavy atom. The van der Waals surface area contributed by atoms with Gasteiger partial charge in [-0.3, -0.25) is 4.79 Å². The molecule has 0 radical (unpaired) electrons. The van der Waals surface area contributed by atoms with E-state index in [4.69, 9.17) is 5.73 Å². The van der Waals surface area contributed by atoms with Gasteiger partial charge in [-0.15, -0.1) is 12.4 Å². The van der Waals surface area contributed by atoms with Crippen LogP contribution in [0.2, 0.25) is 0 Å². The van der Waals surface area contributed by atoms with Crippen LogP contribution in [-0.2, 0) is 4.79 Å². The fourth-order valence-corrected chi connectivity index (χ4v) is 2.07. The maximum Gasteiger partial charge on any atom is 0.227 e. The maximum absolute atomic E-state index is 12.9. The average molecular weight is 259 g/mol. The van der Waals surface area contributed by atoms with Gasteiger partial charge in [0, 0.05) is 17.6 Å². The van der Waals surface area contributed by atoms with Gasteiger partial charge in [0.2, 0.25) is 5.91 Å². The Hall–Kier alpha value is -1.13. The molecular formula is C12H16ClFN2O. The largest absolute Gasteiger partial charge is 0.328 e. The predicted molar refractivity (Wildman–Crippen MR) is 67.6 cm³/mol. The average Bonchev–Trinajstić information content (AvgIpc) is 2.65. The number of anilines is 1. The summed E-state index contributed by atoms with van der Waals surface area (Å²) in [7, 11) is 0. The molecule has 2 rings (SSSR count). The SMILES string of the molecule is Cl.NC1CCC(C(=O)Nc2cccc(F)c2)C1. The Kier molecular flexibility index (Phi) is 4.90. The highest BCUT2D eigenvalue weighted by Gasteiger charge is 2.27. The van der Waals surface area contributed by atoms with E-state index in [2.05, 4.69) is 5.32 Å². The highest BCUT2D eigenvalue weighted by atomic mass is 35.5. The molecule has 94 valence electrons. The molecule has 0 aliphatic heterocycles. The van der Waals surface area contributed by atoms with E-state index in [1.807, 2.05) is 0 Å². The number of carbonyl (C=O) groups is 1. The number of carbonyl (C=O) groups excluding carboxylic acids is 1. The van der Waals surface area contributed by atoms with Crippen LogP contribution in [0.25, 0.3) is 0 Å². The Morgan fingerprint density at radius 3 is 2.76 bits per heavy atom. The molecule has 0 aromatic heterocycles. The molecule has 0 spiro atoms. The van der Waals surface area contributed by atoms with Crippen molar-refractivity contribution in [2.45, 2.75) is 25.3 Å². The maximum atomic E-state index is 12.9. The molecule has 1 aromatic rings. The van der Waals surface area contributed by atoms with Crippen molar-refractivity contribution in [3.63, 3.8) is 0 Å². The molecule has 3 N–H and O–H groups in total. The van der Waals surface area contributed by atoms with E-state index in [1.54, 1.807) is 12.1 Å². The molecule has 5 heteroatoms. The molecule has 0 saturated heterocycles. The summed E-state index contributed by atoms with van der Waals surface area (Å²) in [6, 6.07) is 6.04. The molecular weight excluding hydrogens is 243 g/mol. The highest BCUT2D eigenvalue weighted by Crippen LogP contribution is 2.25. The van der Waals surface area contributed by atoms with Crippen LogP contribution >= 0.6 is 12.4 Å². The molecule has 1 saturated carbocycles. The zero-order chi connectivity index (χ0) is 11.5. The van der Waals surface area contributed by atoms with Crippen molar-refractivity contribution in [3.8, 4) is 0 Å². The molecule has 1 fully saturated rings. The molecule has 1 aliphatic rings. The summed E-state index contributed by atoms with van der Waals surface area (Å²) in [4.78, 5) is 11.8. The van der Waals surface area contributed by atoms with Crippen LogP contribution in [0.3, 0.4) is 0 Å². The lowest BCUT2D eigenvalue weighted by molar-refractivity contribution is -0.119. The van der Waals surface area contributed by atoms with Gasteiger partial charge in [-0.2, -0.15) is 0 Å². The summed E-state index contributed by atoms with van der Waals surface area (Å²) in [5.41, 5.74) is 6.25. The summed E-state index contributed by atoms with van der Waals surface area (Å²) in [6.45, 7) is 0. The predicted octanol–water partition coefficient (Wildman–Crippen LogP) is 2.31. The van der Waals surface area contributed by atoms with E-state index >= 15 is 0 Å². The van der Waals surface area contributed by atoms with Crippen LogP contribution in [0, 0.1) is 11.7 Å². The third-order valence-corrected chi connectivity index (χ3v) is 2.94. The minimum atomic E-state index is -0.346. The first kappa shape index (κ1) is 13.9. The van der Waals surface area contributed by atoms with Gasteiger partial charge in [0.05, 0.1) is 0 Å². The molecule has 0 bridgehead atoms. The van der Waals surface area contributed by atoms with Crippen molar-refractivity contribution >= 4 is 24.0 Å². The number of amides is 1. The van der Waals surface area contributed by atoms with Crippen LogP contribution in [0.5, 0.6) is 0 Å². The number of hydrogen-bond donors (Lipinski definition) is 2. The molecule has 1 aliphatic carbocycles. The van der Waals surface area contributed by atoms with Gasteiger partial charge >= 0.3 is 0 Å². The Morgan fingerprint density at radius 2 is 2.18 bits per heavy atom. The van der Waals surface area contributed by atoms with E-state index in [9.17, 15) is 9.18 Å². The molecule has 1 amide bonds. The fraction of sp³-hybridized carbons (Fsp3) is 0.417. The van der Waals surface area contributed by atoms with E-state index in [1.165, 1.54) is 12.1 Å². The summed E-state index contributed by atoms with van der Waals surface area (Å²) in [5.74, 6) is -0.433. The number of nitrogens with two attached hydrogens (primary N) is 1. The van der Waals surface area contributed by atoms with Crippen molar-refractivity contribution in [1.29, 1.82) is 0 Å². The Balaban J connectivity index is 0.00000144. The summed E-state index contributed by atoms with van der Waals surface area (Å²) >= 11 is 0. The second-order valence-corrected chi connectivity index (χ2v) is 4.27. The molecule has 2 unspecified atom stereocenters. The van der Waals surface area contributed by atoms with Crippen molar-refractivity contribution in [1.82, 2.24) is 0 Å². The second kappa shape index (κ2) is 5.98. The van der Waals surface area contributed by atoms with E-state index in [-0.39, 0.29) is 36.1 Å². The van der Waals surface area contributed by atoms with Gasteiger partial charge in [-0.1, -0.05) is 6.07 Å². The van der Waals surface area contributed by atoms with Crippen molar-refractivity contribution in [2.24, 2.45) is 11.7 Å². The topological polar surface area (TPSA) is 55.1 Å². The lowest BCUT2D eigenvalue weighted by Crippen LogP contribution is -2.23. The van der Waals surface area contributed by atoms with Crippen molar-refractivity contribution < 1.29 is 9.18 Å². The van der Waals surface area contributed by atoms with Gasteiger partial charge in [-0.25, -0.2) is 4.39 Å². The second-order valence-electron chi connectivity index (χ2n) is 4.27.